The normalized spacial score (nSPS) is 25.9. The van der Waals surface area contributed by atoms with E-state index in [0.29, 0.717) is 6.54 Å². The van der Waals surface area contributed by atoms with Crippen molar-refractivity contribution in [3.05, 3.63) is 48.0 Å². The van der Waals surface area contributed by atoms with Crippen molar-refractivity contribution >= 4 is 5.97 Å². The number of carboxylic acid groups (broad SMARTS) is 1. The Kier molecular flexibility index (Phi) is 3.37. The molecule has 1 aliphatic heterocycles. The van der Waals surface area contributed by atoms with Crippen molar-refractivity contribution in [1.29, 1.82) is 0 Å². The number of aryl methyl sites for hydroxylation is 2. The highest BCUT2D eigenvalue weighted by atomic mass is 16.4. The Morgan fingerprint density at radius 3 is 2.57 bits per heavy atom. The van der Waals surface area contributed by atoms with Gasteiger partial charge in [-0.3, -0.25) is 4.79 Å². The molecule has 0 radical (unpaired) electrons. The van der Waals surface area contributed by atoms with Gasteiger partial charge in [0.1, 0.15) is 5.41 Å². The predicted molar refractivity (Wildman–Crippen MR) is 80.4 cm³/mol. The van der Waals surface area contributed by atoms with Crippen molar-refractivity contribution in [3.63, 3.8) is 0 Å². The average Bonchev–Trinajstić information content (AvgIpc) is 3.07. The van der Waals surface area contributed by atoms with Crippen LogP contribution in [-0.4, -0.2) is 33.3 Å². The first kappa shape index (κ1) is 13.9. The second kappa shape index (κ2) is 5.07. The zero-order chi connectivity index (χ0) is 15.0. The van der Waals surface area contributed by atoms with E-state index in [9.17, 15) is 9.90 Å². The third-order valence-electron chi connectivity index (χ3n) is 4.73. The zero-order valence-corrected chi connectivity index (χ0v) is 12.4. The van der Waals surface area contributed by atoms with Crippen molar-refractivity contribution in [2.24, 2.45) is 14.1 Å². The van der Waals surface area contributed by atoms with Crippen LogP contribution in [0.4, 0.5) is 0 Å². The lowest BCUT2D eigenvalue weighted by atomic mass is 9.67. The quantitative estimate of drug-likeness (QED) is 0.898. The predicted octanol–water partition coefficient (Wildman–Crippen LogP) is 1.46. The van der Waals surface area contributed by atoms with Crippen LogP contribution in [0.3, 0.4) is 0 Å². The maximum absolute atomic E-state index is 12.3. The van der Waals surface area contributed by atoms with Crippen LogP contribution in [0.1, 0.15) is 23.7 Å². The zero-order valence-electron chi connectivity index (χ0n) is 12.4. The van der Waals surface area contributed by atoms with Crippen LogP contribution in [0, 0.1) is 0 Å². The molecular formula is C16H21N3O2. The summed E-state index contributed by atoms with van der Waals surface area (Å²) in [6.45, 7) is 1.30. The first-order valence-corrected chi connectivity index (χ1v) is 7.24. The van der Waals surface area contributed by atoms with E-state index in [4.69, 9.17) is 0 Å². The molecule has 5 heteroatoms. The molecule has 0 aliphatic carbocycles. The first-order valence-electron chi connectivity index (χ1n) is 7.24. The Morgan fingerprint density at radius 1 is 1.29 bits per heavy atom. The molecule has 2 atom stereocenters. The van der Waals surface area contributed by atoms with Crippen LogP contribution in [0.25, 0.3) is 0 Å². The van der Waals surface area contributed by atoms with Gasteiger partial charge in [-0.05, 0) is 37.2 Å². The highest BCUT2D eigenvalue weighted by Crippen LogP contribution is 2.43. The minimum atomic E-state index is -0.928. The van der Waals surface area contributed by atoms with E-state index in [-0.39, 0.29) is 5.92 Å². The van der Waals surface area contributed by atoms with Gasteiger partial charge in [0.15, 0.2) is 0 Å². The number of carboxylic acids is 1. The summed E-state index contributed by atoms with van der Waals surface area (Å²) in [5.74, 6) is -0.799. The maximum Gasteiger partial charge on any atom is 0.317 e. The number of rotatable bonds is 3. The van der Waals surface area contributed by atoms with E-state index < -0.39 is 11.4 Å². The van der Waals surface area contributed by atoms with Gasteiger partial charge in [0, 0.05) is 50.3 Å². The highest BCUT2D eigenvalue weighted by molar-refractivity contribution is 5.83. The monoisotopic (exact) mass is 287 g/mol. The Morgan fingerprint density at radius 2 is 2.00 bits per heavy atom. The van der Waals surface area contributed by atoms with Crippen molar-refractivity contribution < 1.29 is 9.90 Å². The molecule has 0 saturated carbocycles. The molecule has 0 bridgehead atoms. The molecule has 3 rings (SSSR count). The molecule has 2 aromatic rings. The molecule has 2 aromatic heterocycles. The number of hydrogen-bond acceptors (Lipinski definition) is 2. The molecule has 0 aromatic carbocycles. The van der Waals surface area contributed by atoms with Crippen molar-refractivity contribution in [3.8, 4) is 0 Å². The standard InChI is InChI=1S/C16H21N3O2/c1-18-9-3-5-13(18)12-7-8-17-11-16(12,15(20)21)14-6-4-10-19(14)2/h3-6,9-10,12,17H,7-8,11H2,1-2H3,(H,20,21). The summed E-state index contributed by atoms with van der Waals surface area (Å²) >= 11 is 0. The van der Waals surface area contributed by atoms with Crippen LogP contribution in [0.5, 0.6) is 0 Å². The number of carbonyl (C=O) groups is 1. The van der Waals surface area contributed by atoms with Gasteiger partial charge in [-0.2, -0.15) is 0 Å². The lowest BCUT2D eigenvalue weighted by Gasteiger charge is -2.41. The fourth-order valence-electron chi connectivity index (χ4n) is 3.67. The largest absolute Gasteiger partial charge is 0.480 e. The van der Waals surface area contributed by atoms with Gasteiger partial charge in [-0.1, -0.05) is 0 Å². The molecule has 1 saturated heterocycles. The summed E-state index contributed by atoms with van der Waals surface area (Å²) < 4.78 is 3.97. The second-order valence-corrected chi connectivity index (χ2v) is 5.84. The summed E-state index contributed by atoms with van der Waals surface area (Å²) in [6.07, 6.45) is 4.71. The second-order valence-electron chi connectivity index (χ2n) is 5.84. The molecule has 2 N–H and O–H groups in total. The van der Waals surface area contributed by atoms with Crippen LogP contribution >= 0.6 is 0 Å². The maximum atomic E-state index is 12.3. The van der Waals surface area contributed by atoms with Crippen LogP contribution in [0.15, 0.2) is 36.7 Å². The minimum Gasteiger partial charge on any atom is -0.480 e. The smallest absolute Gasteiger partial charge is 0.317 e. The van der Waals surface area contributed by atoms with E-state index in [1.54, 1.807) is 0 Å². The molecular weight excluding hydrogens is 266 g/mol. The average molecular weight is 287 g/mol. The minimum absolute atomic E-state index is 0.0372. The summed E-state index contributed by atoms with van der Waals surface area (Å²) in [4.78, 5) is 12.3. The van der Waals surface area contributed by atoms with E-state index in [2.05, 4.69) is 5.32 Å². The molecule has 1 aliphatic rings. The molecule has 112 valence electrons. The van der Waals surface area contributed by atoms with Gasteiger partial charge >= 0.3 is 5.97 Å². The lowest BCUT2D eigenvalue weighted by Crippen LogP contribution is -2.55. The van der Waals surface area contributed by atoms with Gasteiger partial charge in [-0.25, -0.2) is 0 Å². The highest BCUT2D eigenvalue weighted by Gasteiger charge is 2.51. The van der Waals surface area contributed by atoms with E-state index in [1.807, 2.05) is 59.9 Å². The molecule has 2 unspecified atom stereocenters. The van der Waals surface area contributed by atoms with Gasteiger partial charge in [-0.15, -0.1) is 0 Å². The summed E-state index contributed by atoms with van der Waals surface area (Å²) in [5.41, 5.74) is 1.01. The van der Waals surface area contributed by atoms with Gasteiger partial charge in [0.05, 0.1) is 0 Å². The Balaban J connectivity index is 2.19. The molecule has 0 spiro atoms. The topological polar surface area (TPSA) is 59.2 Å². The number of nitrogens with one attached hydrogen (secondary N) is 1. The molecule has 3 heterocycles. The molecule has 1 fully saturated rings. The number of hydrogen-bond donors (Lipinski definition) is 2. The summed E-state index contributed by atoms with van der Waals surface area (Å²) in [6, 6.07) is 7.86. The molecule has 21 heavy (non-hydrogen) atoms. The number of aromatic nitrogens is 2. The fourth-order valence-corrected chi connectivity index (χ4v) is 3.67. The third kappa shape index (κ3) is 2.00. The SMILES string of the molecule is Cn1cccc1C1CCNCC1(C(=O)O)c1cccn1C. The van der Waals surface area contributed by atoms with E-state index >= 15 is 0 Å². The van der Waals surface area contributed by atoms with E-state index in [1.165, 1.54) is 0 Å². The first-order chi connectivity index (χ1) is 10.1. The van der Waals surface area contributed by atoms with Crippen LogP contribution in [0.2, 0.25) is 0 Å². The Labute approximate surface area is 124 Å². The number of piperidine rings is 1. The fraction of sp³-hybridized carbons (Fsp3) is 0.438. The lowest BCUT2D eigenvalue weighted by molar-refractivity contribution is -0.146. The van der Waals surface area contributed by atoms with Gasteiger partial charge in [0.25, 0.3) is 0 Å². The number of nitrogens with zero attached hydrogens (tertiary/aromatic N) is 2. The Hall–Kier alpha value is -2.01. The van der Waals surface area contributed by atoms with Crippen LogP contribution < -0.4 is 5.32 Å². The summed E-state index contributed by atoms with van der Waals surface area (Å²) in [7, 11) is 3.89. The van der Waals surface area contributed by atoms with E-state index in [0.717, 1.165) is 24.4 Å². The van der Waals surface area contributed by atoms with Gasteiger partial charge in [0.2, 0.25) is 0 Å². The van der Waals surface area contributed by atoms with Crippen molar-refractivity contribution in [1.82, 2.24) is 14.5 Å². The molecule has 5 nitrogen and oxygen atoms in total. The number of aliphatic carboxylic acids is 1. The van der Waals surface area contributed by atoms with Crippen molar-refractivity contribution in [2.45, 2.75) is 17.8 Å². The van der Waals surface area contributed by atoms with Crippen molar-refractivity contribution in [2.75, 3.05) is 13.1 Å². The Bertz CT molecular complexity index is 658. The van der Waals surface area contributed by atoms with Crippen LogP contribution in [-0.2, 0) is 24.3 Å². The summed E-state index contributed by atoms with van der Waals surface area (Å²) in [5, 5.41) is 13.4. The molecule has 0 amide bonds. The van der Waals surface area contributed by atoms with Gasteiger partial charge < -0.3 is 19.6 Å². The third-order valence-corrected chi connectivity index (χ3v) is 4.73.